The van der Waals surface area contributed by atoms with E-state index in [9.17, 15) is 4.79 Å². The number of methoxy groups -OCH3 is 1. The first-order valence-electron chi connectivity index (χ1n) is 6.99. The number of amides is 1. The second-order valence-electron chi connectivity index (χ2n) is 4.67. The Labute approximate surface area is 134 Å². The van der Waals surface area contributed by atoms with Gasteiger partial charge in [0.1, 0.15) is 0 Å². The van der Waals surface area contributed by atoms with Crippen molar-refractivity contribution < 1.29 is 9.53 Å². The molecular formula is C15H20N4O2S. The van der Waals surface area contributed by atoms with E-state index in [1.807, 2.05) is 30.3 Å². The molecule has 0 spiro atoms. The van der Waals surface area contributed by atoms with E-state index in [0.717, 1.165) is 17.7 Å². The zero-order chi connectivity index (χ0) is 15.8. The molecular weight excluding hydrogens is 300 g/mol. The Morgan fingerprint density at radius 1 is 1.41 bits per heavy atom. The van der Waals surface area contributed by atoms with E-state index >= 15 is 0 Å². The van der Waals surface area contributed by atoms with Crippen molar-refractivity contribution in [2.45, 2.75) is 11.6 Å². The Hall–Kier alpha value is -1.99. The molecule has 0 atom stereocenters. The van der Waals surface area contributed by atoms with Gasteiger partial charge in [-0.05, 0) is 6.42 Å². The number of benzene rings is 1. The fourth-order valence-corrected chi connectivity index (χ4v) is 2.58. The maximum atomic E-state index is 11.7. The maximum absolute atomic E-state index is 11.7. The number of aromatic nitrogens is 2. The van der Waals surface area contributed by atoms with E-state index in [1.54, 1.807) is 13.3 Å². The number of nitrogen functional groups attached to an aromatic ring is 1. The van der Waals surface area contributed by atoms with Crippen molar-refractivity contribution in [2.75, 3.05) is 31.9 Å². The minimum atomic E-state index is -0.0367. The Morgan fingerprint density at radius 2 is 2.18 bits per heavy atom. The first kappa shape index (κ1) is 16.4. The molecule has 1 amide bonds. The molecule has 0 aliphatic carbocycles. The van der Waals surface area contributed by atoms with Gasteiger partial charge in [-0.15, -0.1) is 0 Å². The third kappa shape index (κ3) is 4.78. The molecule has 7 heteroatoms. The van der Waals surface area contributed by atoms with Crippen molar-refractivity contribution in [3.05, 3.63) is 36.5 Å². The molecule has 2 aromatic rings. The van der Waals surface area contributed by atoms with E-state index in [0.29, 0.717) is 18.3 Å². The summed E-state index contributed by atoms with van der Waals surface area (Å²) >= 11 is 1.32. The average molecular weight is 320 g/mol. The highest BCUT2D eigenvalue weighted by molar-refractivity contribution is 7.99. The molecule has 1 heterocycles. The summed E-state index contributed by atoms with van der Waals surface area (Å²) < 4.78 is 6.38. The van der Waals surface area contributed by atoms with Gasteiger partial charge < -0.3 is 15.9 Å². The number of hydrogen-bond donors (Lipinski definition) is 2. The van der Waals surface area contributed by atoms with Crippen LogP contribution in [0.15, 0.2) is 41.7 Å². The third-order valence-corrected chi connectivity index (χ3v) is 3.91. The van der Waals surface area contributed by atoms with Gasteiger partial charge in [-0.3, -0.25) is 4.79 Å². The van der Waals surface area contributed by atoms with Crippen LogP contribution in [0.1, 0.15) is 6.42 Å². The van der Waals surface area contributed by atoms with Gasteiger partial charge in [0, 0.05) is 25.8 Å². The Kier molecular flexibility index (Phi) is 6.29. The standard InChI is InChI=1S/C15H20N4O2S/c1-21-9-5-8-17-14(20)11-22-15-18-13(10-19(15)16)12-6-3-2-4-7-12/h2-4,6-7,10H,5,8-9,11,16H2,1H3,(H,17,20). The molecule has 0 bridgehead atoms. The SMILES string of the molecule is COCCCNC(=O)CSc1nc(-c2ccccc2)cn1N. The van der Waals surface area contributed by atoms with Crippen molar-refractivity contribution in [3.8, 4) is 11.3 Å². The maximum Gasteiger partial charge on any atom is 0.230 e. The van der Waals surface area contributed by atoms with Crippen LogP contribution in [-0.4, -0.2) is 41.6 Å². The Bertz CT molecular complexity index is 601. The molecule has 3 N–H and O–H groups in total. The molecule has 0 unspecified atom stereocenters. The molecule has 2 rings (SSSR count). The summed E-state index contributed by atoms with van der Waals surface area (Å²) in [6, 6.07) is 9.79. The zero-order valence-electron chi connectivity index (χ0n) is 12.5. The Morgan fingerprint density at radius 3 is 2.91 bits per heavy atom. The summed E-state index contributed by atoms with van der Waals surface area (Å²) in [4.78, 5) is 16.2. The van der Waals surface area contributed by atoms with E-state index < -0.39 is 0 Å². The fraction of sp³-hybridized carbons (Fsp3) is 0.333. The Balaban J connectivity index is 1.86. The molecule has 1 aromatic carbocycles. The van der Waals surface area contributed by atoms with Gasteiger partial charge in [0.05, 0.1) is 17.6 Å². The predicted octanol–water partition coefficient (Wildman–Crippen LogP) is 1.51. The summed E-state index contributed by atoms with van der Waals surface area (Å²) in [6.45, 7) is 1.25. The van der Waals surface area contributed by atoms with Gasteiger partial charge in [-0.1, -0.05) is 42.1 Å². The number of carbonyl (C=O) groups excluding carboxylic acids is 1. The summed E-state index contributed by atoms with van der Waals surface area (Å²) in [5.74, 6) is 6.14. The van der Waals surface area contributed by atoms with E-state index in [-0.39, 0.29) is 11.7 Å². The van der Waals surface area contributed by atoms with Gasteiger partial charge >= 0.3 is 0 Å². The lowest BCUT2D eigenvalue weighted by atomic mass is 10.2. The van der Waals surface area contributed by atoms with Crippen LogP contribution in [0.5, 0.6) is 0 Å². The molecule has 0 aliphatic rings. The van der Waals surface area contributed by atoms with Crippen molar-refractivity contribution >= 4 is 17.7 Å². The average Bonchev–Trinajstić information content (AvgIpc) is 2.91. The molecule has 0 fully saturated rings. The smallest absolute Gasteiger partial charge is 0.230 e. The van der Waals surface area contributed by atoms with Gasteiger partial charge in [0.2, 0.25) is 5.91 Å². The van der Waals surface area contributed by atoms with E-state index in [2.05, 4.69) is 10.3 Å². The number of nitrogens with two attached hydrogens (primary N) is 1. The second-order valence-corrected chi connectivity index (χ2v) is 5.61. The lowest BCUT2D eigenvalue weighted by Gasteiger charge is -2.04. The van der Waals surface area contributed by atoms with Gasteiger partial charge in [0.15, 0.2) is 5.16 Å². The topological polar surface area (TPSA) is 82.2 Å². The van der Waals surface area contributed by atoms with Gasteiger partial charge in [-0.2, -0.15) is 0 Å². The molecule has 22 heavy (non-hydrogen) atoms. The number of thioether (sulfide) groups is 1. The van der Waals surface area contributed by atoms with Crippen LogP contribution in [0.25, 0.3) is 11.3 Å². The molecule has 6 nitrogen and oxygen atoms in total. The quantitative estimate of drug-likeness (QED) is 0.438. The molecule has 0 radical (unpaired) electrons. The summed E-state index contributed by atoms with van der Waals surface area (Å²) in [5.41, 5.74) is 1.80. The fourth-order valence-electron chi connectivity index (χ4n) is 1.86. The van der Waals surface area contributed by atoms with Crippen LogP contribution in [0.2, 0.25) is 0 Å². The largest absolute Gasteiger partial charge is 0.385 e. The highest BCUT2D eigenvalue weighted by atomic mass is 32.2. The highest BCUT2D eigenvalue weighted by Gasteiger charge is 2.10. The summed E-state index contributed by atoms with van der Waals surface area (Å²) in [6.07, 6.45) is 2.56. The number of imidazole rings is 1. The lowest BCUT2D eigenvalue weighted by molar-refractivity contribution is -0.118. The van der Waals surface area contributed by atoms with Crippen molar-refractivity contribution in [1.29, 1.82) is 0 Å². The van der Waals surface area contributed by atoms with Crippen molar-refractivity contribution in [2.24, 2.45) is 0 Å². The second kappa shape index (κ2) is 8.45. The summed E-state index contributed by atoms with van der Waals surface area (Å²) in [5, 5.41) is 3.44. The van der Waals surface area contributed by atoms with Gasteiger partial charge in [-0.25, -0.2) is 9.66 Å². The van der Waals surface area contributed by atoms with Crippen LogP contribution in [0.4, 0.5) is 0 Å². The first-order chi connectivity index (χ1) is 10.7. The number of nitrogens with zero attached hydrogens (tertiary/aromatic N) is 2. The molecule has 0 aliphatic heterocycles. The molecule has 1 aromatic heterocycles. The lowest BCUT2D eigenvalue weighted by Crippen LogP contribution is -2.27. The van der Waals surface area contributed by atoms with Crippen molar-refractivity contribution in [1.82, 2.24) is 15.0 Å². The number of hydrogen-bond acceptors (Lipinski definition) is 5. The number of rotatable bonds is 8. The highest BCUT2D eigenvalue weighted by Crippen LogP contribution is 2.22. The number of carbonyl (C=O) groups is 1. The van der Waals surface area contributed by atoms with Crippen LogP contribution in [0, 0.1) is 0 Å². The minimum absolute atomic E-state index is 0.0367. The van der Waals surface area contributed by atoms with Crippen LogP contribution in [-0.2, 0) is 9.53 Å². The summed E-state index contributed by atoms with van der Waals surface area (Å²) in [7, 11) is 1.64. The first-order valence-corrected chi connectivity index (χ1v) is 7.97. The van der Waals surface area contributed by atoms with Crippen LogP contribution in [0.3, 0.4) is 0 Å². The normalized spacial score (nSPS) is 10.6. The number of ether oxygens (including phenoxy) is 1. The van der Waals surface area contributed by atoms with E-state index in [4.69, 9.17) is 10.6 Å². The van der Waals surface area contributed by atoms with Crippen molar-refractivity contribution in [3.63, 3.8) is 0 Å². The monoisotopic (exact) mass is 320 g/mol. The zero-order valence-corrected chi connectivity index (χ0v) is 13.3. The molecule has 0 saturated carbocycles. The number of nitrogens with one attached hydrogen (secondary N) is 1. The van der Waals surface area contributed by atoms with Crippen LogP contribution < -0.4 is 11.2 Å². The van der Waals surface area contributed by atoms with Gasteiger partial charge in [0.25, 0.3) is 0 Å². The molecule has 118 valence electrons. The predicted molar refractivity (Wildman–Crippen MR) is 88.0 cm³/mol. The van der Waals surface area contributed by atoms with Crippen LogP contribution >= 0.6 is 11.8 Å². The minimum Gasteiger partial charge on any atom is -0.385 e. The molecule has 0 saturated heterocycles. The van der Waals surface area contributed by atoms with E-state index in [1.165, 1.54) is 16.4 Å². The third-order valence-electron chi connectivity index (χ3n) is 2.95.